The molecule has 1 heterocycles. The van der Waals surface area contributed by atoms with Gasteiger partial charge in [-0.1, -0.05) is 12.1 Å². The highest BCUT2D eigenvalue weighted by Gasteiger charge is 2.25. The molecule has 0 aliphatic heterocycles. The number of carbonyl (C=O) groups is 1. The number of phenols is 1. The number of para-hydroxylation sites is 2. The average Bonchev–Trinajstić information content (AvgIpc) is 2.80. The topological polar surface area (TPSA) is 67.6 Å². The lowest BCUT2D eigenvalue weighted by atomic mass is 10.2. The fourth-order valence-corrected chi connectivity index (χ4v) is 1.99. The van der Waals surface area contributed by atoms with Crippen molar-refractivity contribution in [2.45, 2.75) is 32.9 Å². The van der Waals surface area contributed by atoms with E-state index in [1.165, 1.54) is 11.0 Å². The number of phenolic OH excluding ortho intramolecular Hbond substituents is 1. The van der Waals surface area contributed by atoms with E-state index in [0.29, 0.717) is 5.69 Å². The van der Waals surface area contributed by atoms with Crippen LogP contribution in [0, 0.1) is 0 Å². The second kappa shape index (κ2) is 6.09. The molecule has 2 rings (SSSR count). The number of aryl methyl sites for hydroxylation is 1. The third-order valence-electron chi connectivity index (χ3n) is 2.89. The molecule has 0 unspecified atom stereocenters. The number of aromatic hydroxyl groups is 1. The standard InChI is InChI=1S/C16H21N3O3/c1-16(2,3)22-15(21)19(11-12-9-17-18(4)10-12)13-7-5-6-8-14(13)20/h5-10,20H,11H2,1-4H3. The third-order valence-corrected chi connectivity index (χ3v) is 2.89. The molecule has 0 aliphatic rings. The van der Waals surface area contributed by atoms with Crippen molar-refractivity contribution in [2.75, 3.05) is 4.90 Å². The van der Waals surface area contributed by atoms with Crippen LogP contribution >= 0.6 is 0 Å². The maximum Gasteiger partial charge on any atom is 0.415 e. The minimum Gasteiger partial charge on any atom is -0.506 e. The molecule has 0 radical (unpaired) electrons. The molecule has 1 N–H and O–H groups in total. The van der Waals surface area contributed by atoms with Crippen molar-refractivity contribution >= 4 is 11.8 Å². The zero-order valence-corrected chi connectivity index (χ0v) is 13.3. The van der Waals surface area contributed by atoms with E-state index in [4.69, 9.17) is 4.74 Å². The summed E-state index contributed by atoms with van der Waals surface area (Å²) >= 11 is 0. The molecular weight excluding hydrogens is 282 g/mol. The largest absolute Gasteiger partial charge is 0.506 e. The molecule has 1 amide bonds. The summed E-state index contributed by atoms with van der Waals surface area (Å²) in [6.45, 7) is 5.67. The zero-order chi connectivity index (χ0) is 16.3. The van der Waals surface area contributed by atoms with Gasteiger partial charge in [0.25, 0.3) is 0 Å². The SMILES string of the molecule is Cn1cc(CN(C(=O)OC(C)(C)C)c2ccccc2O)cn1. The zero-order valence-electron chi connectivity index (χ0n) is 13.3. The van der Waals surface area contributed by atoms with E-state index >= 15 is 0 Å². The summed E-state index contributed by atoms with van der Waals surface area (Å²) in [5, 5.41) is 14.1. The maximum atomic E-state index is 12.5. The van der Waals surface area contributed by atoms with Crippen molar-refractivity contribution in [1.29, 1.82) is 0 Å². The van der Waals surface area contributed by atoms with Gasteiger partial charge in [0.15, 0.2) is 0 Å². The smallest absolute Gasteiger partial charge is 0.415 e. The molecule has 0 saturated carbocycles. The number of amides is 1. The lowest BCUT2D eigenvalue weighted by molar-refractivity contribution is 0.0576. The summed E-state index contributed by atoms with van der Waals surface area (Å²) in [7, 11) is 1.81. The fraction of sp³-hybridized carbons (Fsp3) is 0.375. The minimum atomic E-state index is -0.616. The summed E-state index contributed by atoms with van der Waals surface area (Å²) in [4.78, 5) is 13.9. The van der Waals surface area contributed by atoms with E-state index in [9.17, 15) is 9.90 Å². The first-order valence-corrected chi connectivity index (χ1v) is 7.02. The van der Waals surface area contributed by atoms with Gasteiger partial charge >= 0.3 is 6.09 Å². The first-order chi connectivity index (χ1) is 10.3. The highest BCUT2D eigenvalue weighted by Crippen LogP contribution is 2.29. The Bertz CT molecular complexity index is 659. The van der Waals surface area contributed by atoms with Crippen LogP contribution in [0.4, 0.5) is 10.5 Å². The Morgan fingerprint density at radius 2 is 2.05 bits per heavy atom. The lowest BCUT2D eigenvalue weighted by Gasteiger charge is -2.27. The highest BCUT2D eigenvalue weighted by molar-refractivity contribution is 5.89. The van der Waals surface area contributed by atoms with Gasteiger partial charge in [-0.05, 0) is 32.9 Å². The van der Waals surface area contributed by atoms with Crippen LogP contribution in [0.5, 0.6) is 5.75 Å². The van der Waals surface area contributed by atoms with Crippen LogP contribution in [-0.4, -0.2) is 26.6 Å². The molecule has 6 heteroatoms. The quantitative estimate of drug-likeness (QED) is 0.946. The summed E-state index contributed by atoms with van der Waals surface area (Å²) < 4.78 is 7.10. The molecule has 2 aromatic rings. The van der Waals surface area contributed by atoms with E-state index in [1.54, 1.807) is 56.9 Å². The highest BCUT2D eigenvalue weighted by atomic mass is 16.6. The van der Waals surface area contributed by atoms with E-state index in [0.717, 1.165) is 5.56 Å². The number of benzene rings is 1. The second-order valence-corrected chi connectivity index (χ2v) is 6.08. The molecule has 22 heavy (non-hydrogen) atoms. The Balaban J connectivity index is 2.32. The third kappa shape index (κ3) is 4.00. The lowest BCUT2D eigenvalue weighted by Crippen LogP contribution is -2.36. The Hall–Kier alpha value is -2.50. The van der Waals surface area contributed by atoms with E-state index in [2.05, 4.69) is 5.10 Å². The molecule has 6 nitrogen and oxygen atoms in total. The molecule has 1 aromatic heterocycles. The number of ether oxygens (including phenoxy) is 1. The Morgan fingerprint density at radius 1 is 1.36 bits per heavy atom. The molecule has 0 bridgehead atoms. The molecular formula is C16H21N3O3. The van der Waals surface area contributed by atoms with Gasteiger partial charge < -0.3 is 9.84 Å². The average molecular weight is 303 g/mol. The van der Waals surface area contributed by atoms with Crippen molar-refractivity contribution < 1.29 is 14.6 Å². The van der Waals surface area contributed by atoms with E-state index in [-0.39, 0.29) is 12.3 Å². The van der Waals surface area contributed by atoms with Crippen LogP contribution in [0.3, 0.4) is 0 Å². The normalized spacial score (nSPS) is 11.3. The van der Waals surface area contributed by atoms with Crippen molar-refractivity contribution in [3.63, 3.8) is 0 Å². The van der Waals surface area contributed by atoms with Gasteiger partial charge in [-0.3, -0.25) is 9.58 Å². The summed E-state index contributed by atoms with van der Waals surface area (Å²) in [6, 6.07) is 6.68. The Kier molecular flexibility index (Phi) is 4.40. The summed E-state index contributed by atoms with van der Waals surface area (Å²) in [5.74, 6) is 0.0252. The number of rotatable bonds is 3. The van der Waals surface area contributed by atoms with Crippen LogP contribution < -0.4 is 4.90 Å². The van der Waals surface area contributed by atoms with E-state index < -0.39 is 11.7 Å². The summed E-state index contributed by atoms with van der Waals surface area (Å²) in [5.41, 5.74) is 0.631. The van der Waals surface area contributed by atoms with Crippen molar-refractivity contribution in [1.82, 2.24) is 9.78 Å². The molecule has 0 spiro atoms. The minimum absolute atomic E-state index is 0.0252. The van der Waals surface area contributed by atoms with Crippen molar-refractivity contribution in [2.24, 2.45) is 7.05 Å². The van der Waals surface area contributed by atoms with Gasteiger partial charge in [0.05, 0.1) is 18.4 Å². The van der Waals surface area contributed by atoms with Gasteiger partial charge in [0.1, 0.15) is 11.4 Å². The first-order valence-electron chi connectivity index (χ1n) is 7.02. The number of anilines is 1. The predicted molar refractivity (Wildman–Crippen MR) is 83.7 cm³/mol. The van der Waals surface area contributed by atoms with Gasteiger partial charge in [-0.15, -0.1) is 0 Å². The van der Waals surface area contributed by atoms with Crippen molar-refractivity contribution in [3.8, 4) is 5.75 Å². The number of aromatic nitrogens is 2. The molecule has 118 valence electrons. The predicted octanol–water partition coefficient (Wildman–Crippen LogP) is 3.07. The molecule has 0 atom stereocenters. The maximum absolute atomic E-state index is 12.5. The van der Waals surface area contributed by atoms with Gasteiger partial charge in [-0.25, -0.2) is 4.79 Å². The van der Waals surface area contributed by atoms with Crippen molar-refractivity contribution in [3.05, 3.63) is 42.2 Å². The fourth-order valence-electron chi connectivity index (χ4n) is 1.99. The molecule has 1 aromatic carbocycles. The van der Waals surface area contributed by atoms with Crippen LogP contribution in [0.15, 0.2) is 36.7 Å². The monoisotopic (exact) mass is 303 g/mol. The molecule has 0 saturated heterocycles. The van der Waals surface area contributed by atoms with Gasteiger partial charge in [-0.2, -0.15) is 5.10 Å². The number of hydrogen-bond acceptors (Lipinski definition) is 4. The van der Waals surface area contributed by atoms with Gasteiger partial charge in [0.2, 0.25) is 0 Å². The van der Waals surface area contributed by atoms with Crippen LogP contribution in [0.2, 0.25) is 0 Å². The molecule has 0 aliphatic carbocycles. The first kappa shape index (κ1) is 15.9. The van der Waals surface area contributed by atoms with E-state index in [1.807, 2.05) is 6.20 Å². The van der Waals surface area contributed by atoms with Crippen LogP contribution in [0.1, 0.15) is 26.3 Å². The number of carbonyl (C=O) groups excluding carboxylic acids is 1. The summed E-state index contributed by atoms with van der Waals surface area (Å²) in [6.07, 6.45) is 2.98. The Morgan fingerprint density at radius 3 is 2.59 bits per heavy atom. The number of hydrogen-bond donors (Lipinski definition) is 1. The van der Waals surface area contributed by atoms with Gasteiger partial charge in [0, 0.05) is 18.8 Å². The number of nitrogens with zero attached hydrogens (tertiary/aromatic N) is 3. The van der Waals surface area contributed by atoms with Crippen LogP contribution in [0.25, 0.3) is 0 Å². The molecule has 0 fully saturated rings. The van der Waals surface area contributed by atoms with Crippen LogP contribution in [-0.2, 0) is 18.3 Å². The Labute approximate surface area is 129 Å². The second-order valence-electron chi connectivity index (χ2n) is 6.08.